The van der Waals surface area contributed by atoms with Crippen LogP contribution in [0.3, 0.4) is 0 Å². The lowest BCUT2D eigenvalue weighted by atomic mass is 9.85. The first kappa shape index (κ1) is 17.3. The molecule has 1 aliphatic carbocycles. The predicted octanol–water partition coefficient (Wildman–Crippen LogP) is 2.38. The number of hydrogen-bond donors (Lipinski definition) is 0. The van der Waals surface area contributed by atoms with Gasteiger partial charge in [-0.15, -0.1) is 0 Å². The number of Topliss-reactive ketones (excluding diaryl/α,β-unsaturated/α-hetero) is 1. The third-order valence-electron chi connectivity index (χ3n) is 4.93. The molecule has 0 aromatic heterocycles. The van der Waals surface area contributed by atoms with Crippen molar-refractivity contribution in [1.82, 2.24) is 9.80 Å². The molecule has 1 saturated carbocycles. The van der Waals surface area contributed by atoms with Crippen LogP contribution in [0.4, 0.5) is 9.18 Å². The standard InChI is InChI=1S/C18H19FN2O4/c1-11-5-2-3-8-14(11)21-17(24)16(23)20(18(21)25)10-15(22)12-6-4-7-13(19)9-12/h4,6-7,9,11,14H,2-3,5,8,10H2,1H3/t11-,14+/m1/s1. The fourth-order valence-electron chi connectivity index (χ4n) is 3.53. The molecule has 132 valence electrons. The first-order chi connectivity index (χ1) is 11.9. The minimum atomic E-state index is -0.993. The second kappa shape index (κ2) is 6.74. The van der Waals surface area contributed by atoms with Gasteiger partial charge in [-0.2, -0.15) is 0 Å². The van der Waals surface area contributed by atoms with Gasteiger partial charge >= 0.3 is 17.8 Å². The SMILES string of the molecule is C[C@@H]1CCCC[C@@H]1N1C(=O)C(=O)N(CC(=O)c2cccc(F)c2)C1=O. The van der Waals surface area contributed by atoms with E-state index in [0.717, 1.165) is 30.2 Å². The van der Waals surface area contributed by atoms with Crippen molar-refractivity contribution in [2.45, 2.75) is 38.6 Å². The lowest BCUT2D eigenvalue weighted by molar-refractivity contribution is -0.144. The maximum absolute atomic E-state index is 13.2. The summed E-state index contributed by atoms with van der Waals surface area (Å²) < 4.78 is 13.2. The molecule has 0 radical (unpaired) electrons. The van der Waals surface area contributed by atoms with Crippen LogP contribution in [0.5, 0.6) is 0 Å². The number of urea groups is 1. The molecule has 1 aromatic carbocycles. The number of carbonyl (C=O) groups excluding carboxylic acids is 4. The Morgan fingerprint density at radius 2 is 1.88 bits per heavy atom. The Balaban J connectivity index is 1.78. The van der Waals surface area contributed by atoms with Crippen LogP contribution < -0.4 is 0 Å². The van der Waals surface area contributed by atoms with Gasteiger partial charge in [-0.25, -0.2) is 14.1 Å². The summed E-state index contributed by atoms with van der Waals surface area (Å²) in [7, 11) is 0. The minimum Gasteiger partial charge on any atom is -0.292 e. The van der Waals surface area contributed by atoms with E-state index in [-0.39, 0.29) is 17.5 Å². The lowest BCUT2D eigenvalue weighted by Gasteiger charge is -2.34. The van der Waals surface area contributed by atoms with E-state index in [1.165, 1.54) is 18.2 Å². The Morgan fingerprint density at radius 1 is 1.16 bits per heavy atom. The number of rotatable bonds is 4. The maximum atomic E-state index is 13.2. The van der Waals surface area contributed by atoms with Crippen LogP contribution in [0.1, 0.15) is 43.0 Å². The molecule has 1 aliphatic heterocycles. The second-order valence-electron chi connectivity index (χ2n) is 6.61. The number of benzene rings is 1. The summed E-state index contributed by atoms with van der Waals surface area (Å²) in [5, 5.41) is 0. The Kier molecular flexibility index (Phi) is 4.65. The third-order valence-corrected chi connectivity index (χ3v) is 4.93. The number of hydrogen-bond acceptors (Lipinski definition) is 4. The molecule has 1 aromatic rings. The predicted molar refractivity (Wildman–Crippen MR) is 86.1 cm³/mol. The zero-order chi connectivity index (χ0) is 18.1. The average Bonchev–Trinajstić information content (AvgIpc) is 2.79. The first-order valence-electron chi connectivity index (χ1n) is 8.38. The molecule has 0 spiro atoms. The van der Waals surface area contributed by atoms with Crippen LogP contribution in [0.15, 0.2) is 24.3 Å². The molecule has 2 fully saturated rings. The lowest BCUT2D eigenvalue weighted by Crippen LogP contribution is -2.46. The smallest absolute Gasteiger partial charge is 0.292 e. The highest BCUT2D eigenvalue weighted by molar-refractivity contribution is 6.45. The summed E-state index contributed by atoms with van der Waals surface area (Å²) in [6.45, 7) is 1.39. The quantitative estimate of drug-likeness (QED) is 0.477. The molecule has 0 unspecified atom stereocenters. The molecular weight excluding hydrogens is 327 g/mol. The van der Waals surface area contributed by atoms with Gasteiger partial charge in [-0.1, -0.05) is 31.9 Å². The molecule has 25 heavy (non-hydrogen) atoms. The van der Waals surface area contributed by atoms with E-state index in [1.807, 2.05) is 6.92 Å². The van der Waals surface area contributed by atoms with Crippen molar-refractivity contribution >= 4 is 23.6 Å². The van der Waals surface area contributed by atoms with Gasteiger partial charge in [0.25, 0.3) is 0 Å². The average molecular weight is 346 g/mol. The van der Waals surface area contributed by atoms with Crippen molar-refractivity contribution in [3.8, 4) is 0 Å². The molecule has 0 N–H and O–H groups in total. The minimum absolute atomic E-state index is 0.0533. The van der Waals surface area contributed by atoms with Gasteiger partial charge in [0.1, 0.15) is 5.82 Å². The number of nitrogens with zero attached hydrogens (tertiary/aromatic N) is 2. The fourth-order valence-corrected chi connectivity index (χ4v) is 3.53. The Labute approximate surface area is 144 Å². The van der Waals surface area contributed by atoms with E-state index in [9.17, 15) is 23.6 Å². The monoisotopic (exact) mass is 346 g/mol. The molecule has 7 heteroatoms. The highest BCUT2D eigenvalue weighted by atomic mass is 19.1. The van der Waals surface area contributed by atoms with Crippen LogP contribution >= 0.6 is 0 Å². The molecule has 2 aliphatic rings. The molecule has 3 rings (SSSR count). The van der Waals surface area contributed by atoms with Crippen LogP contribution in [-0.4, -0.2) is 46.0 Å². The van der Waals surface area contributed by atoms with Gasteiger partial charge < -0.3 is 0 Å². The number of halogens is 1. The maximum Gasteiger partial charge on any atom is 0.334 e. The van der Waals surface area contributed by atoms with Crippen molar-refractivity contribution in [1.29, 1.82) is 0 Å². The van der Waals surface area contributed by atoms with Crippen LogP contribution in [0.2, 0.25) is 0 Å². The zero-order valence-electron chi connectivity index (χ0n) is 13.9. The van der Waals surface area contributed by atoms with Crippen LogP contribution in [-0.2, 0) is 9.59 Å². The van der Waals surface area contributed by atoms with Crippen LogP contribution in [0, 0.1) is 11.7 Å². The van der Waals surface area contributed by atoms with E-state index in [2.05, 4.69) is 0 Å². The number of ketones is 1. The van der Waals surface area contributed by atoms with Gasteiger partial charge in [0, 0.05) is 11.6 Å². The summed E-state index contributed by atoms with van der Waals surface area (Å²) in [6.07, 6.45) is 3.47. The summed E-state index contributed by atoms with van der Waals surface area (Å²) in [5.41, 5.74) is 0.0533. The first-order valence-corrected chi connectivity index (χ1v) is 8.38. The van der Waals surface area contributed by atoms with E-state index >= 15 is 0 Å². The van der Waals surface area contributed by atoms with Gasteiger partial charge in [0.15, 0.2) is 5.78 Å². The van der Waals surface area contributed by atoms with Crippen molar-refractivity contribution in [3.05, 3.63) is 35.6 Å². The van der Waals surface area contributed by atoms with Crippen LogP contribution in [0.25, 0.3) is 0 Å². The van der Waals surface area contributed by atoms with Crippen molar-refractivity contribution < 1.29 is 23.6 Å². The molecule has 0 bridgehead atoms. The van der Waals surface area contributed by atoms with Gasteiger partial charge in [0.05, 0.1) is 6.54 Å². The number of imide groups is 2. The molecule has 2 atom stereocenters. The summed E-state index contributed by atoms with van der Waals surface area (Å²) in [4.78, 5) is 51.0. The van der Waals surface area contributed by atoms with E-state index in [4.69, 9.17) is 0 Å². The largest absolute Gasteiger partial charge is 0.334 e. The van der Waals surface area contributed by atoms with E-state index < -0.39 is 36.0 Å². The molecule has 1 saturated heterocycles. The topological polar surface area (TPSA) is 74.8 Å². The molecule has 6 nitrogen and oxygen atoms in total. The van der Waals surface area contributed by atoms with Gasteiger partial charge in [0.2, 0.25) is 0 Å². The van der Waals surface area contributed by atoms with E-state index in [1.54, 1.807) is 0 Å². The van der Waals surface area contributed by atoms with Gasteiger partial charge in [-0.3, -0.25) is 19.3 Å². The summed E-state index contributed by atoms with van der Waals surface area (Å²) in [5.74, 6) is -2.93. The molecular formula is C18H19FN2O4. The summed E-state index contributed by atoms with van der Waals surface area (Å²) >= 11 is 0. The number of amides is 4. The second-order valence-corrected chi connectivity index (χ2v) is 6.61. The van der Waals surface area contributed by atoms with E-state index in [0.29, 0.717) is 11.3 Å². The third kappa shape index (κ3) is 3.18. The highest BCUT2D eigenvalue weighted by Crippen LogP contribution is 2.31. The Morgan fingerprint density at radius 3 is 2.56 bits per heavy atom. The zero-order valence-corrected chi connectivity index (χ0v) is 13.9. The van der Waals surface area contributed by atoms with Gasteiger partial charge in [-0.05, 0) is 30.9 Å². The highest BCUT2D eigenvalue weighted by Gasteiger charge is 2.49. The molecule has 4 amide bonds. The number of carbonyl (C=O) groups is 4. The Bertz CT molecular complexity index is 748. The summed E-state index contributed by atoms with van der Waals surface area (Å²) in [6, 6.07) is 3.94. The fraction of sp³-hybridized carbons (Fsp3) is 0.444. The van der Waals surface area contributed by atoms with Crippen molar-refractivity contribution in [2.24, 2.45) is 5.92 Å². The molecule has 1 heterocycles. The van der Waals surface area contributed by atoms with Crippen molar-refractivity contribution in [3.63, 3.8) is 0 Å². The van der Waals surface area contributed by atoms with Crippen molar-refractivity contribution in [2.75, 3.05) is 6.54 Å². The normalized spacial score (nSPS) is 24.2. The Hall–Kier alpha value is -2.57.